The molecule has 3 nitrogen and oxygen atoms in total. The van der Waals surface area contributed by atoms with E-state index in [1.807, 2.05) is 36.4 Å². The highest BCUT2D eigenvalue weighted by atomic mass is 35.5. The number of anilines is 1. The van der Waals surface area contributed by atoms with Gasteiger partial charge in [0.2, 0.25) is 5.91 Å². The van der Waals surface area contributed by atoms with Gasteiger partial charge in [-0.3, -0.25) is 4.79 Å². The lowest BCUT2D eigenvalue weighted by molar-refractivity contribution is -0.118. The van der Waals surface area contributed by atoms with Gasteiger partial charge in [0.05, 0.1) is 16.8 Å². The van der Waals surface area contributed by atoms with Gasteiger partial charge < -0.3 is 5.32 Å². The third kappa shape index (κ3) is 3.80. The first-order valence-electron chi connectivity index (χ1n) is 6.30. The Morgan fingerprint density at radius 2 is 1.95 bits per heavy atom. The van der Waals surface area contributed by atoms with Crippen LogP contribution in [0.1, 0.15) is 5.56 Å². The number of carbonyl (C=O) groups excluding carboxylic acids is 1. The first-order chi connectivity index (χ1) is 10.1. The second kappa shape index (κ2) is 6.87. The molecular formula is C16H12ClFN2O. The number of amides is 1. The summed E-state index contributed by atoms with van der Waals surface area (Å²) in [6.07, 6.45) is 0.259. The van der Waals surface area contributed by atoms with Gasteiger partial charge in [-0.1, -0.05) is 48.0 Å². The topological polar surface area (TPSA) is 52.9 Å². The van der Waals surface area contributed by atoms with E-state index in [1.165, 1.54) is 18.2 Å². The molecule has 1 atom stereocenters. The van der Waals surface area contributed by atoms with E-state index < -0.39 is 17.6 Å². The summed E-state index contributed by atoms with van der Waals surface area (Å²) in [4.78, 5) is 12.1. The number of carbonyl (C=O) groups is 1. The molecule has 1 amide bonds. The van der Waals surface area contributed by atoms with Crippen LogP contribution in [-0.2, 0) is 11.2 Å². The van der Waals surface area contributed by atoms with Crippen LogP contribution in [0.25, 0.3) is 0 Å². The highest BCUT2D eigenvalue weighted by Crippen LogP contribution is 2.25. The monoisotopic (exact) mass is 302 g/mol. The van der Waals surface area contributed by atoms with Gasteiger partial charge in [-0.05, 0) is 24.1 Å². The predicted molar refractivity (Wildman–Crippen MR) is 79.3 cm³/mol. The van der Waals surface area contributed by atoms with Crippen molar-refractivity contribution in [1.29, 1.82) is 5.26 Å². The van der Waals surface area contributed by atoms with E-state index in [4.69, 9.17) is 16.9 Å². The van der Waals surface area contributed by atoms with Crippen LogP contribution >= 0.6 is 11.6 Å². The molecule has 0 saturated carbocycles. The number of nitrogens with one attached hydrogen (secondary N) is 1. The molecule has 0 bridgehead atoms. The molecule has 106 valence electrons. The Hall–Kier alpha value is -2.38. The molecule has 0 saturated heterocycles. The van der Waals surface area contributed by atoms with Gasteiger partial charge in [0.25, 0.3) is 0 Å². The Bertz CT molecular complexity index is 662. The normalized spacial score (nSPS) is 11.5. The van der Waals surface area contributed by atoms with Crippen LogP contribution in [0.5, 0.6) is 0 Å². The number of rotatable bonds is 4. The Morgan fingerprint density at radius 1 is 1.24 bits per heavy atom. The maximum atomic E-state index is 13.6. The van der Waals surface area contributed by atoms with Crippen molar-refractivity contribution in [2.24, 2.45) is 5.92 Å². The summed E-state index contributed by atoms with van der Waals surface area (Å²) in [7, 11) is 0. The second-order valence-corrected chi connectivity index (χ2v) is 4.86. The fourth-order valence-electron chi connectivity index (χ4n) is 1.87. The minimum atomic E-state index is -0.914. The maximum absolute atomic E-state index is 13.6. The summed E-state index contributed by atoms with van der Waals surface area (Å²) < 4.78 is 13.6. The molecule has 21 heavy (non-hydrogen) atoms. The third-order valence-electron chi connectivity index (χ3n) is 2.97. The fourth-order valence-corrected chi connectivity index (χ4v) is 2.08. The molecular weight excluding hydrogens is 291 g/mol. The zero-order chi connectivity index (χ0) is 15.2. The number of benzene rings is 2. The molecule has 1 N–H and O–H groups in total. The van der Waals surface area contributed by atoms with Crippen molar-refractivity contribution >= 4 is 23.2 Å². The molecule has 2 aromatic carbocycles. The Balaban J connectivity index is 2.13. The molecule has 0 aliphatic carbocycles. The summed E-state index contributed by atoms with van der Waals surface area (Å²) in [5.41, 5.74) is 0.760. The predicted octanol–water partition coefficient (Wildman–Crippen LogP) is 3.80. The first-order valence-corrected chi connectivity index (χ1v) is 6.68. The van der Waals surface area contributed by atoms with Gasteiger partial charge in [-0.25, -0.2) is 4.39 Å². The Morgan fingerprint density at radius 3 is 2.57 bits per heavy atom. The maximum Gasteiger partial charge on any atom is 0.242 e. The van der Waals surface area contributed by atoms with Crippen LogP contribution in [0.15, 0.2) is 48.5 Å². The molecule has 0 fully saturated rings. The van der Waals surface area contributed by atoms with Crippen molar-refractivity contribution in [1.82, 2.24) is 0 Å². The second-order valence-electron chi connectivity index (χ2n) is 4.46. The Kier molecular flexibility index (Phi) is 4.91. The van der Waals surface area contributed by atoms with E-state index in [1.54, 1.807) is 0 Å². The van der Waals surface area contributed by atoms with E-state index in [9.17, 15) is 9.18 Å². The average molecular weight is 303 g/mol. The zero-order valence-corrected chi connectivity index (χ0v) is 11.8. The largest absolute Gasteiger partial charge is 0.321 e. The van der Waals surface area contributed by atoms with Crippen molar-refractivity contribution in [2.75, 3.05) is 5.32 Å². The number of hydrogen-bond donors (Lipinski definition) is 1. The van der Waals surface area contributed by atoms with Gasteiger partial charge in [0.15, 0.2) is 0 Å². The number of hydrogen-bond acceptors (Lipinski definition) is 2. The summed E-state index contributed by atoms with van der Waals surface area (Å²) >= 11 is 5.84. The molecule has 0 aliphatic rings. The molecule has 0 aliphatic heterocycles. The molecule has 1 unspecified atom stereocenters. The van der Waals surface area contributed by atoms with Crippen LogP contribution in [0, 0.1) is 23.1 Å². The SMILES string of the molecule is N#CC(Cc1ccccc1)C(=O)Nc1c(F)cccc1Cl. The zero-order valence-electron chi connectivity index (χ0n) is 11.0. The first kappa shape index (κ1) is 15.0. The summed E-state index contributed by atoms with van der Waals surface area (Å²) in [5, 5.41) is 11.6. The van der Waals surface area contributed by atoms with Crippen LogP contribution in [0.3, 0.4) is 0 Å². The van der Waals surface area contributed by atoms with Gasteiger partial charge in [0.1, 0.15) is 11.7 Å². The van der Waals surface area contributed by atoms with E-state index >= 15 is 0 Å². The highest BCUT2D eigenvalue weighted by Gasteiger charge is 2.20. The molecule has 0 spiro atoms. The lowest BCUT2D eigenvalue weighted by Crippen LogP contribution is -2.24. The minimum absolute atomic E-state index is 0.0970. The van der Waals surface area contributed by atoms with E-state index in [0.717, 1.165) is 5.56 Å². The standard InChI is InChI=1S/C16H12ClFN2O/c17-13-7-4-8-14(18)15(13)20-16(21)12(10-19)9-11-5-2-1-3-6-11/h1-8,12H,9H2,(H,20,21). The molecule has 2 aromatic rings. The van der Waals surface area contributed by atoms with Gasteiger partial charge >= 0.3 is 0 Å². The smallest absolute Gasteiger partial charge is 0.242 e. The number of halogens is 2. The number of nitrogens with zero attached hydrogens (tertiary/aromatic N) is 1. The third-order valence-corrected chi connectivity index (χ3v) is 3.28. The quantitative estimate of drug-likeness (QED) is 0.934. The average Bonchev–Trinajstić information content (AvgIpc) is 2.49. The van der Waals surface area contributed by atoms with Crippen molar-refractivity contribution in [3.8, 4) is 6.07 Å². The molecule has 5 heteroatoms. The lowest BCUT2D eigenvalue weighted by Gasteiger charge is -2.12. The van der Waals surface area contributed by atoms with Crippen LogP contribution < -0.4 is 5.32 Å². The van der Waals surface area contributed by atoms with Crippen molar-refractivity contribution in [3.05, 3.63) is 64.9 Å². The summed E-state index contributed by atoms with van der Waals surface area (Å²) in [6, 6.07) is 15.2. The van der Waals surface area contributed by atoms with Crippen LogP contribution in [-0.4, -0.2) is 5.91 Å². The molecule has 2 rings (SSSR count). The van der Waals surface area contributed by atoms with Crippen molar-refractivity contribution in [3.63, 3.8) is 0 Å². The lowest BCUT2D eigenvalue weighted by atomic mass is 10.00. The minimum Gasteiger partial charge on any atom is -0.321 e. The van der Waals surface area contributed by atoms with Crippen LogP contribution in [0.4, 0.5) is 10.1 Å². The molecule has 0 radical (unpaired) electrons. The number of para-hydroxylation sites is 1. The number of nitriles is 1. The van der Waals surface area contributed by atoms with Gasteiger partial charge in [0, 0.05) is 0 Å². The van der Waals surface area contributed by atoms with Gasteiger partial charge in [-0.2, -0.15) is 5.26 Å². The molecule has 0 heterocycles. The van der Waals surface area contributed by atoms with E-state index in [-0.39, 0.29) is 17.1 Å². The Labute approximate surface area is 127 Å². The van der Waals surface area contributed by atoms with E-state index in [2.05, 4.69) is 5.32 Å². The highest BCUT2D eigenvalue weighted by molar-refractivity contribution is 6.33. The van der Waals surface area contributed by atoms with Crippen molar-refractivity contribution in [2.45, 2.75) is 6.42 Å². The fraction of sp³-hybridized carbons (Fsp3) is 0.125. The summed E-state index contributed by atoms with van der Waals surface area (Å²) in [6.45, 7) is 0. The van der Waals surface area contributed by atoms with Crippen molar-refractivity contribution < 1.29 is 9.18 Å². The van der Waals surface area contributed by atoms with Gasteiger partial charge in [-0.15, -0.1) is 0 Å². The summed E-state index contributed by atoms with van der Waals surface area (Å²) in [5.74, 6) is -2.12. The molecule has 0 aromatic heterocycles. The van der Waals surface area contributed by atoms with E-state index in [0.29, 0.717) is 0 Å². The van der Waals surface area contributed by atoms with Crippen LogP contribution in [0.2, 0.25) is 5.02 Å².